The van der Waals surface area contributed by atoms with Gasteiger partial charge in [-0.05, 0) is 39.0 Å². The lowest BCUT2D eigenvalue weighted by Gasteiger charge is -2.29. The Morgan fingerprint density at radius 3 is 2.40 bits per heavy atom. The van der Waals surface area contributed by atoms with Gasteiger partial charge in [-0.3, -0.25) is 0 Å². The molecule has 1 atom stereocenters. The van der Waals surface area contributed by atoms with Gasteiger partial charge in [-0.1, -0.05) is 0 Å². The van der Waals surface area contributed by atoms with Crippen LogP contribution in [-0.4, -0.2) is 36.2 Å². The predicted octanol–water partition coefficient (Wildman–Crippen LogP) is 0.405. The number of rotatable bonds is 5. The molecule has 0 amide bonds. The molecule has 20 heavy (non-hydrogen) atoms. The number of nitrogens with two attached hydrogens (primary N) is 1. The van der Waals surface area contributed by atoms with Gasteiger partial charge < -0.3 is 15.9 Å². The second-order valence-electron chi connectivity index (χ2n) is 5.06. The van der Waals surface area contributed by atoms with Crippen LogP contribution in [0.4, 0.5) is 5.69 Å². The first-order valence-corrected chi connectivity index (χ1v) is 7.30. The summed E-state index contributed by atoms with van der Waals surface area (Å²) in [5.41, 5.74) is 4.11. The van der Waals surface area contributed by atoms with Crippen LogP contribution in [0.2, 0.25) is 0 Å². The molecule has 0 saturated carbocycles. The zero-order valence-corrected chi connectivity index (χ0v) is 12.2. The van der Waals surface area contributed by atoms with Crippen LogP contribution in [0.5, 0.6) is 0 Å². The third kappa shape index (κ3) is 3.47. The van der Waals surface area contributed by atoms with Crippen LogP contribution < -0.4 is 10.5 Å². The second-order valence-corrected chi connectivity index (χ2v) is 6.71. The van der Waals surface area contributed by atoms with Crippen molar-refractivity contribution in [3.63, 3.8) is 0 Å². The van der Waals surface area contributed by atoms with Crippen molar-refractivity contribution in [2.45, 2.75) is 37.3 Å². The van der Waals surface area contributed by atoms with Gasteiger partial charge in [0.15, 0.2) is 0 Å². The van der Waals surface area contributed by atoms with Gasteiger partial charge >= 0.3 is 5.97 Å². The lowest BCUT2D eigenvalue weighted by molar-refractivity contribution is 0.0692. The van der Waals surface area contributed by atoms with Gasteiger partial charge in [-0.25, -0.2) is 17.9 Å². The van der Waals surface area contributed by atoms with Gasteiger partial charge in [0.1, 0.15) is 0 Å². The van der Waals surface area contributed by atoms with Crippen molar-refractivity contribution < 1.29 is 23.4 Å². The number of sulfonamides is 1. The number of carbonyl (C=O) groups is 1. The summed E-state index contributed by atoms with van der Waals surface area (Å²) in [4.78, 5) is 10.7. The van der Waals surface area contributed by atoms with E-state index in [1.165, 1.54) is 26.8 Å². The van der Waals surface area contributed by atoms with Gasteiger partial charge in [0, 0.05) is 5.69 Å². The SMILES string of the molecule is CC(O)C(C)(C)NS(=O)(=O)c1cc(N)ccc1C(=O)O. The zero-order chi connectivity index (χ0) is 15.7. The number of anilines is 1. The number of benzene rings is 1. The largest absolute Gasteiger partial charge is 0.478 e. The fourth-order valence-corrected chi connectivity index (χ4v) is 3.13. The van der Waals surface area contributed by atoms with Gasteiger partial charge in [0.05, 0.1) is 22.1 Å². The Balaban J connectivity index is 3.36. The van der Waals surface area contributed by atoms with E-state index in [0.29, 0.717) is 0 Å². The predicted molar refractivity (Wildman–Crippen MR) is 73.9 cm³/mol. The molecule has 0 bridgehead atoms. The van der Waals surface area contributed by atoms with Gasteiger partial charge in [0.25, 0.3) is 0 Å². The van der Waals surface area contributed by atoms with Crippen LogP contribution in [0.25, 0.3) is 0 Å². The van der Waals surface area contributed by atoms with Crippen molar-refractivity contribution in [2.75, 3.05) is 5.73 Å². The zero-order valence-electron chi connectivity index (χ0n) is 11.4. The molecule has 0 radical (unpaired) electrons. The Bertz CT molecular complexity index is 623. The highest BCUT2D eigenvalue weighted by atomic mass is 32.2. The molecule has 8 heteroatoms. The van der Waals surface area contributed by atoms with Crippen LogP contribution in [0, 0.1) is 0 Å². The van der Waals surface area contributed by atoms with E-state index in [0.717, 1.165) is 12.1 Å². The third-order valence-corrected chi connectivity index (χ3v) is 4.68. The van der Waals surface area contributed by atoms with E-state index in [1.54, 1.807) is 0 Å². The van der Waals surface area contributed by atoms with Gasteiger partial charge in [-0.2, -0.15) is 0 Å². The molecular weight excluding hydrogens is 284 g/mol. The lowest BCUT2D eigenvalue weighted by Crippen LogP contribution is -2.51. The summed E-state index contributed by atoms with van der Waals surface area (Å²) in [6.45, 7) is 4.41. The van der Waals surface area contributed by atoms with Crippen LogP contribution in [0.15, 0.2) is 23.1 Å². The summed E-state index contributed by atoms with van der Waals surface area (Å²) < 4.78 is 26.9. The minimum Gasteiger partial charge on any atom is -0.478 e. The average Bonchev–Trinajstić information content (AvgIpc) is 2.26. The first-order chi connectivity index (χ1) is 8.97. The van der Waals surface area contributed by atoms with E-state index < -0.39 is 32.5 Å². The van der Waals surface area contributed by atoms with Crippen molar-refractivity contribution in [2.24, 2.45) is 0 Å². The van der Waals surface area contributed by atoms with Crippen molar-refractivity contribution in [1.29, 1.82) is 0 Å². The minimum absolute atomic E-state index is 0.130. The molecule has 1 aromatic carbocycles. The fraction of sp³-hybridized carbons (Fsp3) is 0.417. The quantitative estimate of drug-likeness (QED) is 0.583. The van der Waals surface area contributed by atoms with E-state index in [4.69, 9.17) is 10.8 Å². The molecule has 0 aliphatic rings. The van der Waals surface area contributed by atoms with E-state index in [1.807, 2.05) is 0 Å². The first kappa shape index (κ1) is 16.4. The molecule has 1 aromatic rings. The molecule has 0 saturated heterocycles. The summed E-state index contributed by atoms with van der Waals surface area (Å²) in [6.07, 6.45) is -0.966. The smallest absolute Gasteiger partial charge is 0.337 e. The van der Waals surface area contributed by atoms with Crippen molar-refractivity contribution in [3.8, 4) is 0 Å². The van der Waals surface area contributed by atoms with E-state index in [2.05, 4.69) is 4.72 Å². The Morgan fingerprint density at radius 2 is 1.95 bits per heavy atom. The number of aromatic carboxylic acids is 1. The maximum Gasteiger partial charge on any atom is 0.337 e. The molecule has 7 nitrogen and oxygen atoms in total. The Hall–Kier alpha value is -1.64. The van der Waals surface area contributed by atoms with Crippen molar-refractivity contribution >= 4 is 21.7 Å². The number of aliphatic hydroxyl groups excluding tert-OH is 1. The third-order valence-electron chi connectivity index (χ3n) is 2.97. The number of nitrogen functional groups attached to an aromatic ring is 1. The van der Waals surface area contributed by atoms with Crippen LogP contribution in [0.1, 0.15) is 31.1 Å². The average molecular weight is 302 g/mol. The molecular formula is C12H18N2O5S. The van der Waals surface area contributed by atoms with Crippen LogP contribution in [0.3, 0.4) is 0 Å². The van der Waals surface area contributed by atoms with Crippen LogP contribution >= 0.6 is 0 Å². The maximum absolute atomic E-state index is 12.3. The summed E-state index contributed by atoms with van der Waals surface area (Å²) in [5.74, 6) is -1.37. The number of nitrogens with one attached hydrogen (secondary N) is 1. The van der Waals surface area contributed by atoms with Gasteiger partial charge in [-0.15, -0.1) is 0 Å². The summed E-state index contributed by atoms with van der Waals surface area (Å²) >= 11 is 0. The Morgan fingerprint density at radius 1 is 1.40 bits per heavy atom. The van der Waals surface area contributed by atoms with E-state index in [9.17, 15) is 18.3 Å². The molecule has 0 aliphatic heterocycles. The van der Waals surface area contributed by atoms with E-state index in [-0.39, 0.29) is 11.3 Å². The lowest BCUT2D eigenvalue weighted by atomic mass is 10.0. The molecule has 5 N–H and O–H groups in total. The second kappa shape index (κ2) is 5.39. The van der Waals surface area contributed by atoms with Crippen molar-refractivity contribution in [1.82, 2.24) is 4.72 Å². The first-order valence-electron chi connectivity index (χ1n) is 5.82. The number of hydrogen-bond acceptors (Lipinski definition) is 5. The summed E-state index contributed by atoms with van der Waals surface area (Å²) in [5, 5.41) is 18.6. The Labute approximate surface area is 117 Å². The topological polar surface area (TPSA) is 130 Å². The molecule has 1 unspecified atom stereocenters. The molecule has 0 heterocycles. The van der Waals surface area contributed by atoms with Crippen molar-refractivity contribution in [3.05, 3.63) is 23.8 Å². The number of carboxylic acids is 1. The maximum atomic E-state index is 12.3. The Kier molecular flexibility index (Phi) is 4.42. The molecule has 0 spiro atoms. The van der Waals surface area contributed by atoms with Crippen LogP contribution in [-0.2, 0) is 10.0 Å². The standard InChI is InChI=1S/C12H18N2O5S/c1-7(15)12(2,3)14-20(18,19)10-6-8(13)4-5-9(10)11(16)17/h4-7,14-15H,13H2,1-3H3,(H,16,17). The highest BCUT2D eigenvalue weighted by Gasteiger charge is 2.32. The summed E-state index contributed by atoms with van der Waals surface area (Å²) in [6, 6.07) is 3.51. The molecule has 1 rings (SSSR count). The molecule has 0 aliphatic carbocycles. The highest BCUT2D eigenvalue weighted by Crippen LogP contribution is 2.22. The number of aliphatic hydroxyl groups is 1. The number of carboxylic acid groups (broad SMARTS) is 1. The highest BCUT2D eigenvalue weighted by molar-refractivity contribution is 7.89. The molecule has 0 fully saturated rings. The molecule has 0 aromatic heterocycles. The number of hydrogen-bond donors (Lipinski definition) is 4. The summed E-state index contributed by atoms with van der Waals surface area (Å²) in [7, 11) is -4.13. The molecule has 112 valence electrons. The fourth-order valence-electron chi connectivity index (χ4n) is 1.42. The monoisotopic (exact) mass is 302 g/mol. The van der Waals surface area contributed by atoms with Gasteiger partial charge in [0.2, 0.25) is 10.0 Å². The minimum atomic E-state index is -4.13. The normalized spacial score (nSPS) is 14.0. The van der Waals surface area contributed by atoms with E-state index >= 15 is 0 Å².